The van der Waals surface area contributed by atoms with E-state index in [4.69, 9.17) is 0 Å². The van der Waals surface area contributed by atoms with Crippen molar-refractivity contribution in [3.8, 4) is 0 Å². The van der Waals surface area contributed by atoms with Gasteiger partial charge in [-0.1, -0.05) is 13.5 Å². The molecule has 0 fully saturated rings. The lowest BCUT2D eigenvalue weighted by Gasteiger charge is -2.16. The first-order valence-corrected chi connectivity index (χ1v) is 4.85. The SMILES string of the molecule is C=C1C=CC(=O)N1CCCC(=O)CC. The van der Waals surface area contributed by atoms with E-state index in [1.807, 2.05) is 6.92 Å². The monoisotopic (exact) mass is 193 g/mol. The summed E-state index contributed by atoms with van der Waals surface area (Å²) in [7, 11) is 0. The number of nitrogens with zero attached hydrogens (tertiary/aromatic N) is 1. The van der Waals surface area contributed by atoms with Gasteiger partial charge < -0.3 is 4.90 Å². The number of ketones is 1. The smallest absolute Gasteiger partial charge is 0.251 e. The van der Waals surface area contributed by atoms with Crippen LogP contribution < -0.4 is 0 Å². The molecule has 0 N–H and O–H groups in total. The molecule has 0 radical (unpaired) electrons. The van der Waals surface area contributed by atoms with Crippen LogP contribution in [0.4, 0.5) is 0 Å². The van der Waals surface area contributed by atoms with E-state index in [1.165, 1.54) is 6.08 Å². The van der Waals surface area contributed by atoms with Crippen molar-refractivity contribution < 1.29 is 9.59 Å². The average molecular weight is 193 g/mol. The summed E-state index contributed by atoms with van der Waals surface area (Å²) >= 11 is 0. The van der Waals surface area contributed by atoms with Crippen LogP contribution in [0.2, 0.25) is 0 Å². The molecule has 0 aromatic rings. The number of Topliss-reactive ketones (excluding diaryl/α,β-unsaturated/α-hetero) is 1. The minimum Gasteiger partial charge on any atom is -0.309 e. The van der Waals surface area contributed by atoms with E-state index in [9.17, 15) is 9.59 Å². The van der Waals surface area contributed by atoms with Crippen LogP contribution in [0.5, 0.6) is 0 Å². The quantitative estimate of drug-likeness (QED) is 0.666. The zero-order chi connectivity index (χ0) is 10.6. The van der Waals surface area contributed by atoms with Gasteiger partial charge in [-0.15, -0.1) is 0 Å². The molecule has 0 unspecified atom stereocenters. The predicted octanol–water partition coefficient (Wildman–Crippen LogP) is 1.66. The lowest BCUT2D eigenvalue weighted by molar-refractivity contribution is -0.124. The highest BCUT2D eigenvalue weighted by atomic mass is 16.2. The molecule has 0 bridgehead atoms. The Morgan fingerprint density at radius 3 is 2.71 bits per heavy atom. The van der Waals surface area contributed by atoms with Gasteiger partial charge >= 0.3 is 0 Å². The molecule has 1 heterocycles. The normalized spacial score (nSPS) is 15.4. The van der Waals surface area contributed by atoms with Crippen molar-refractivity contribution in [1.82, 2.24) is 4.90 Å². The van der Waals surface area contributed by atoms with Crippen molar-refractivity contribution in [2.45, 2.75) is 26.2 Å². The summed E-state index contributed by atoms with van der Waals surface area (Å²) in [5.41, 5.74) is 0.721. The van der Waals surface area contributed by atoms with Gasteiger partial charge in [0.1, 0.15) is 5.78 Å². The first-order valence-electron chi connectivity index (χ1n) is 4.85. The van der Waals surface area contributed by atoms with Gasteiger partial charge in [0, 0.05) is 31.2 Å². The van der Waals surface area contributed by atoms with Crippen LogP contribution in [-0.2, 0) is 9.59 Å². The lowest BCUT2D eigenvalue weighted by atomic mass is 10.2. The average Bonchev–Trinajstić information content (AvgIpc) is 2.48. The summed E-state index contributed by atoms with van der Waals surface area (Å²) in [4.78, 5) is 23.8. The zero-order valence-corrected chi connectivity index (χ0v) is 8.45. The first-order chi connectivity index (χ1) is 6.65. The number of rotatable bonds is 5. The van der Waals surface area contributed by atoms with E-state index < -0.39 is 0 Å². The molecule has 3 heteroatoms. The molecule has 76 valence electrons. The molecule has 3 nitrogen and oxygen atoms in total. The molecule has 0 aliphatic carbocycles. The third-order valence-corrected chi connectivity index (χ3v) is 2.26. The summed E-state index contributed by atoms with van der Waals surface area (Å²) in [5.74, 6) is 0.217. The fourth-order valence-corrected chi connectivity index (χ4v) is 1.35. The van der Waals surface area contributed by atoms with Gasteiger partial charge in [0.25, 0.3) is 5.91 Å². The summed E-state index contributed by atoms with van der Waals surface area (Å²) in [6, 6.07) is 0. The highest BCUT2D eigenvalue weighted by Crippen LogP contribution is 2.13. The van der Waals surface area contributed by atoms with Crippen LogP contribution >= 0.6 is 0 Å². The van der Waals surface area contributed by atoms with E-state index in [-0.39, 0.29) is 11.7 Å². The van der Waals surface area contributed by atoms with E-state index in [0.29, 0.717) is 19.4 Å². The molecule has 0 aromatic carbocycles. The second-order valence-corrected chi connectivity index (χ2v) is 3.31. The molecule has 1 aliphatic heterocycles. The van der Waals surface area contributed by atoms with Crippen molar-refractivity contribution in [2.75, 3.05) is 6.54 Å². The molecular formula is C11H15NO2. The molecule has 1 rings (SSSR count). The molecular weight excluding hydrogens is 178 g/mol. The highest BCUT2D eigenvalue weighted by Gasteiger charge is 2.17. The Kier molecular flexibility index (Phi) is 3.63. The van der Waals surface area contributed by atoms with E-state index >= 15 is 0 Å². The molecule has 0 aromatic heterocycles. The van der Waals surface area contributed by atoms with Crippen LogP contribution in [0.15, 0.2) is 24.4 Å². The first kappa shape index (κ1) is 10.7. The van der Waals surface area contributed by atoms with Crippen LogP contribution in [0.1, 0.15) is 26.2 Å². The van der Waals surface area contributed by atoms with Crippen LogP contribution in [-0.4, -0.2) is 23.1 Å². The number of amides is 1. The summed E-state index contributed by atoms with van der Waals surface area (Å²) in [5, 5.41) is 0. The Balaban J connectivity index is 2.29. The van der Waals surface area contributed by atoms with Gasteiger partial charge in [-0.25, -0.2) is 0 Å². The standard InChI is InChI=1S/C11H15NO2/c1-3-10(13)5-4-8-12-9(2)6-7-11(12)14/h6-7H,2-5,8H2,1H3. The van der Waals surface area contributed by atoms with E-state index in [1.54, 1.807) is 11.0 Å². The number of hydrogen-bond acceptors (Lipinski definition) is 2. The van der Waals surface area contributed by atoms with Crippen molar-refractivity contribution in [1.29, 1.82) is 0 Å². The predicted molar refractivity (Wildman–Crippen MR) is 54.5 cm³/mol. The number of carbonyl (C=O) groups is 2. The number of carbonyl (C=O) groups excluding carboxylic acids is 2. The third-order valence-electron chi connectivity index (χ3n) is 2.26. The molecule has 0 saturated carbocycles. The summed E-state index contributed by atoms with van der Waals surface area (Å²) < 4.78 is 0. The molecule has 0 spiro atoms. The van der Waals surface area contributed by atoms with Crippen molar-refractivity contribution in [2.24, 2.45) is 0 Å². The summed E-state index contributed by atoms with van der Waals surface area (Å²) in [6.45, 7) is 6.18. The Morgan fingerprint density at radius 1 is 1.50 bits per heavy atom. The zero-order valence-electron chi connectivity index (χ0n) is 8.45. The van der Waals surface area contributed by atoms with E-state index in [2.05, 4.69) is 6.58 Å². The van der Waals surface area contributed by atoms with Crippen LogP contribution in [0.25, 0.3) is 0 Å². The Hall–Kier alpha value is -1.38. The topological polar surface area (TPSA) is 37.4 Å². The van der Waals surface area contributed by atoms with Crippen LogP contribution in [0.3, 0.4) is 0 Å². The van der Waals surface area contributed by atoms with Gasteiger partial charge in [-0.2, -0.15) is 0 Å². The Labute approximate surface area is 84.1 Å². The maximum atomic E-state index is 11.2. The Morgan fingerprint density at radius 2 is 2.21 bits per heavy atom. The maximum absolute atomic E-state index is 11.2. The number of hydrogen-bond donors (Lipinski definition) is 0. The van der Waals surface area contributed by atoms with Crippen molar-refractivity contribution in [3.63, 3.8) is 0 Å². The highest BCUT2D eigenvalue weighted by molar-refractivity contribution is 5.93. The molecule has 14 heavy (non-hydrogen) atoms. The lowest BCUT2D eigenvalue weighted by Crippen LogP contribution is -2.25. The number of allylic oxidation sites excluding steroid dienone is 1. The van der Waals surface area contributed by atoms with Gasteiger partial charge in [-0.05, 0) is 12.5 Å². The van der Waals surface area contributed by atoms with Crippen molar-refractivity contribution >= 4 is 11.7 Å². The molecule has 1 aliphatic rings. The second-order valence-electron chi connectivity index (χ2n) is 3.31. The van der Waals surface area contributed by atoms with Gasteiger partial charge in [0.15, 0.2) is 0 Å². The van der Waals surface area contributed by atoms with Gasteiger partial charge in [0.2, 0.25) is 0 Å². The van der Waals surface area contributed by atoms with Gasteiger partial charge in [0.05, 0.1) is 0 Å². The van der Waals surface area contributed by atoms with E-state index in [0.717, 1.165) is 12.1 Å². The summed E-state index contributed by atoms with van der Waals surface area (Å²) in [6.07, 6.45) is 5.05. The molecule has 0 saturated heterocycles. The molecule has 1 amide bonds. The van der Waals surface area contributed by atoms with Crippen LogP contribution in [0, 0.1) is 0 Å². The largest absolute Gasteiger partial charge is 0.309 e. The fourth-order valence-electron chi connectivity index (χ4n) is 1.35. The molecule has 0 atom stereocenters. The second kappa shape index (κ2) is 4.74. The van der Waals surface area contributed by atoms with Gasteiger partial charge in [-0.3, -0.25) is 9.59 Å². The minimum atomic E-state index is -0.0288. The van der Waals surface area contributed by atoms with Crippen molar-refractivity contribution in [3.05, 3.63) is 24.4 Å². The minimum absolute atomic E-state index is 0.0288. The third kappa shape index (κ3) is 2.55. The Bertz CT molecular complexity index is 274. The maximum Gasteiger partial charge on any atom is 0.251 e. The fraction of sp³-hybridized carbons (Fsp3) is 0.455.